The molecule has 0 bridgehead atoms. The highest BCUT2D eigenvalue weighted by molar-refractivity contribution is 9.11. The van der Waals surface area contributed by atoms with E-state index in [9.17, 15) is 22.8 Å². The van der Waals surface area contributed by atoms with Gasteiger partial charge in [-0.2, -0.15) is 13.2 Å². The second-order valence-corrected chi connectivity index (χ2v) is 7.96. The van der Waals surface area contributed by atoms with Gasteiger partial charge in [-0.15, -0.1) is 11.3 Å². The Morgan fingerprint density at radius 3 is 2.50 bits per heavy atom. The summed E-state index contributed by atoms with van der Waals surface area (Å²) in [6, 6.07) is 7.74. The van der Waals surface area contributed by atoms with Crippen LogP contribution in [0.15, 0.2) is 34.1 Å². The molecule has 2 amide bonds. The Kier molecular flexibility index (Phi) is 7.69. The van der Waals surface area contributed by atoms with Crippen molar-refractivity contribution in [2.45, 2.75) is 19.0 Å². The smallest absolute Gasteiger partial charge is 0.422 e. The predicted molar refractivity (Wildman–Crippen MR) is 100 cm³/mol. The van der Waals surface area contributed by atoms with Gasteiger partial charge in [0.25, 0.3) is 5.91 Å². The van der Waals surface area contributed by atoms with Gasteiger partial charge in [-0.05, 0) is 52.2 Å². The number of hydrazine groups is 1. The molecule has 0 saturated heterocycles. The van der Waals surface area contributed by atoms with E-state index in [2.05, 4.69) is 26.8 Å². The number of rotatable bonds is 7. The molecule has 2 aromatic rings. The van der Waals surface area contributed by atoms with Gasteiger partial charge in [0, 0.05) is 6.42 Å². The maximum absolute atomic E-state index is 12.3. The standard InChI is InChI=1S/C17H16BrF3N2O4S/c1-26-12-8-10(2-4-11(12)27-9-17(19,20)21)3-7-15(24)22-23-16(25)13-5-6-14(18)28-13/h2,4-6,8H,3,7,9H2,1H3,(H,22,24)(H,23,25). The van der Waals surface area contributed by atoms with E-state index in [1.807, 2.05) is 0 Å². The summed E-state index contributed by atoms with van der Waals surface area (Å²) in [6.45, 7) is -1.42. The van der Waals surface area contributed by atoms with Crippen LogP contribution in [0.3, 0.4) is 0 Å². The number of carbonyl (C=O) groups is 2. The molecule has 6 nitrogen and oxygen atoms in total. The summed E-state index contributed by atoms with van der Waals surface area (Å²) in [5.74, 6) is -0.752. The van der Waals surface area contributed by atoms with Crippen molar-refractivity contribution in [3.63, 3.8) is 0 Å². The van der Waals surface area contributed by atoms with Crippen LogP contribution in [0.1, 0.15) is 21.7 Å². The maximum atomic E-state index is 12.3. The average Bonchev–Trinajstić information content (AvgIpc) is 3.08. The number of aryl methyl sites for hydroxylation is 1. The summed E-state index contributed by atoms with van der Waals surface area (Å²) in [7, 11) is 1.31. The SMILES string of the molecule is COc1cc(CCC(=O)NNC(=O)c2ccc(Br)s2)ccc1OCC(F)(F)F. The number of amides is 2. The molecule has 11 heteroatoms. The molecular weight excluding hydrogens is 465 g/mol. The highest BCUT2D eigenvalue weighted by Crippen LogP contribution is 2.30. The molecule has 0 aliphatic rings. The third kappa shape index (κ3) is 7.04. The minimum Gasteiger partial charge on any atom is -0.493 e. The zero-order valence-corrected chi connectivity index (χ0v) is 17.0. The fourth-order valence-corrected chi connectivity index (χ4v) is 3.37. The van der Waals surface area contributed by atoms with Crippen molar-refractivity contribution in [1.29, 1.82) is 0 Å². The van der Waals surface area contributed by atoms with E-state index in [0.29, 0.717) is 16.9 Å². The van der Waals surface area contributed by atoms with E-state index in [1.165, 1.54) is 30.6 Å². The van der Waals surface area contributed by atoms with Crippen molar-refractivity contribution in [3.05, 3.63) is 44.6 Å². The normalized spacial score (nSPS) is 11.0. The second kappa shape index (κ2) is 9.78. The number of benzene rings is 1. The number of halogens is 4. The number of methoxy groups -OCH3 is 1. The van der Waals surface area contributed by atoms with Crippen molar-refractivity contribution < 1.29 is 32.2 Å². The molecule has 0 fully saturated rings. The molecule has 1 aromatic carbocycles. The maximum Gasteiger partial charge on any atom is 0.422 e. The minimum atomic E-state index is -4.45. The van der Waals surface area contributed by atoms with E-state index in [4.69, 9.17) is 9.47 Å². The lowest BCUT2D eigenvalue weighted by atomic mass is 10.1. The quantitative estimate of drug-likeness (QED) is 0.590. The van der Waals surface area contributed by atoms with Crippen LogP contribution in [0, 0.1) is 0 Å². The zero-order valence-electron chi connectivity index (χ0n) is 14.6. The Morgan fingerprint density at radius 1 is 1.14 bits per heavy atom. The molecule has 0 atom stereocenters. The molecule has 0 aliphatic carbocycles. The second-order valence-electron chi connectivity index (χ2n) is 5.50. The van der Waals surface area contributed by atoms with Crippen LogP contribution in [0.4, 0.5) is 13.2 Å². The number of hydrogen-bond acceptors (Lipinski definition) is 5. The van der Waals surface area contributed by atoms with Crippen LogP contribution in [0.5, 0.6) is 11.5 Å². The Labute approximate surface area is 171 Å². The molecule has 1 heterocycles. The van der Waals surface area contributed by atoms with Gasteiger partial charge in [-0.25, -0.2) is 0 Å². The summed E-state index contributed by atoms with van der Waals surface area (Å²) >= 11 is 4.47. The van der Waals surface area contributed by atoms with Gasteiger partial charge in [0.1, 0.15) is 0 Å². The Bertz CT molecular complexity index is 842. The van der Waals surface area contributed by atoms with E-state index >= 15 is 0 Å². The van der Waals surface area contributed by atoms with Gasteiger partial charge in [0.2, 0.25) is 5.91 Å². The molecule has 0 aliphatic heterocycles. The Balaban J connectivity index is 1.84. The third-order valence-corrected chi connectivity index (χ3v) is 4.99. The highest BCUT2D eigenvalue weighted by Gasteiger charge is 2.29. The first-order chi connectivity index (χ1) is 13.2. The molecule has 0 unspecified atom stereocenters. The van der Waals surface area contributed by atoms with E-state index < -0.39 is 24.6 Å². The molecule has 28 heavy (non-hydrogen) atoms. The Morgan fingerprint density at radius 2 is 1.89 bits per heavy atom. The van der Waals surface area contributed by atoms with Crippen LogP contribution < -0.4 is 20.3 Å². The molecular formula is C17H16BrF3N2O4S. The molecule has 152 valence electrons. The minimum absolute atomic E-state index is 0.0394. The highest BCUT2D eigenvalue weighted by atomic mass is 79.9. The number of carbonyl (C=O) groups excluding carboxylic acids is 2. The lowest BCUT2D eigenvalue weighted by Gasteiger charge is -2.13. The first-order valence-electron chi connectivity index (χ1n) is 7.89. The van der Waals surface area contributed by atoms with Gasteiger partial charge in [0.05, 0.1) is 15.8 Å². The van der Waals surface area contributed by atoms with Crippen molar-refractivity contribution in [1.82, 2.24) is 10.9 Å². The fourth-order valence-electron chi connectivity index (χ4n) is 2.09. The van der Waals surface area contributed by atoms with Crippen LogP contribution in [-0.2, 0) is 11.2 Å². The number of thiophene rings is 1. The molecule has 2 rings (SSSR count). The van der Waals surface area contributed by atoms with Crippen molar-refractivity contribution >= 4 is 39.1 Å². The number of ether oxygens (including phenoxy) is 2. The number of nitrogens with one attached hydrogen (secondary N) is 2. The summed E-state index contributed by atoms with van der Waals surface area (Å²) in [5.41, 5.74) is 5.29. The van der Waals surface area contributed by atoms with Crippen LogP contribution in [0.2, 0.25) is 0 Å². The van der Waals surface area contributed by atoms with Gasteiger partial charge in [-0.1, -0.05) is 6.07 Å². The summed E-state index contributed by atoms with van der Waals surface area (Å²) in [4.78, 5) is 24.2. The number of alkyl halides is 3. The lowest BCUT2D eigenvalue weighted by molar-refractivity contribution is -0.153. The first kappa shape index (κ1) is 22.0. The summed E-state index contributed by atoms with van der Waals surface area (Å²) < 4.78 is 47.3. The Hall–Kier alpha value is -2.27. The van der Waals surface area contributed by atoms with Crippen LogP contribution in [0.25, 0.3) is 0 Å². The average molecular weight is 481 g/mol. The summed E-state index contributed by atoms with van der Waals surface area (Å²) in [6.07, 6.45) is -4.10. The van der Waals surface area contributed by atoms with E-state index in [-0.39, 0.29) is 17.9 Å². The van der Waals surface area contributed by atoms with Gasteiger partial charge >= 0.3 is 6.18 Å². The first-order valence-corrected chi connectivity index (χ1v) is 9.50. The topological polar surface area (TPSA) is 76.7 Å². The molecule has 0 radical (unpaired) electrons. The van der Waals surface area contributed by atoms with E-state index in [0.717, 1.165) is 3.79 Å². The van der Waals surface area contributed by atoms with Crippen LogP contribution in [-0.4, -0.2) is 31.7 Å². The van der Waals surface area contributed by atoms with E-state index in [1.54, 1.807) is 18.2 Å². The van der Waals surface area contributed by atoms with Gasteiger partial charge in [0.15, 0.2) is 18.1 Å². The van der Waals surface area contributed by atoms with Crippen molar-refractivity contribution in [3.8, 4) is 11.5 Å². The number of hydrogen-bond donors (Lipinski definition) is 2. The van der Waals surface area contributed by atoms with Gasteiger partial charge in [-0.3, -0.25) is 20.4 Å². The zero-order chi connectivity index (χ0) is 20.7. The lowest BCUT2D eigenvalue weighted by Crippen LogP contribution is -2.41. The third-order valence-electron chi connectivity index (χ3n) is 3.37. The molecule has 1 aromatic heterocycles. The van der Waals surface area contributed by atoms with Crippen LogP contribution >= 0.6 is 27.3 Å². The monoisotopic (exact) mass is 480 g/mol. The van der Waals surface area contributed by atoms with Crippen molar-refractivity contribution in [2.24, 2.45) is 0 Å². The predicted octanol–water partition coefficient (Wildman–Crippen LogP) is 3.85. The molecule has 0 spiro atoms. The largest absolute Gasteiger partial charge is 0.493 e. The fraction of sp³-hybridized carbons (Fsp3) is 0.294. The summed E-state index contributed by atoms with van der Waals surface area (Å²) in [5, 5.41) is 0. The molecule has 0 saturated carbocycles. The van der Waals surface area contributed by atoms with Gasteiger partial charge < -0.3 is 9.47 Å². The van der Waals surface area contributed by atoms with Crippen molar-refractivity contribution in [2.75, 3.05) is 13.7 Å². The molecule has 2 N–H and O–H groups in total.